The highest BCUT2D eigenvalue weighted by Crippen LogP contribution is 2.22. The van der Waals surface area contributed by atoms with Crippen LogP contribution in [0.1, 0.15) is 24.2 Å². The smallest absolute Gasteiger partial charge is 0.339 e. The van der Waals surface area contributed by atoms with Crippen LogP contribution in [0.15, 0.2) is 41.2 Å². The molecule has 2 heterocycles. The Hall–Kier alpha value is -2.63. The Balaban J connectivity index is 1.55. The minimum absolute atomic E-state index is 0.0900. The monoisotopic (exact) mass is 298 g/mol. The molecule has 0 spiro atoms. The second-order valence-electron chi connectivity index (χ2n) is 5.31. The number of hydrogen-bond donors (Lipinski definition) is 2. The van der Waals surface area contributed by atoms with E-state index in [4.69, 9.17) is 0 Å². The lowest BCUT2D eigenvalue weighted by Crippen LogP contribution is -2.34. The fourth-order valence-electron chi connectivity index (χ4n) is 2.62. The van der Waals surface area contributed by atoms with E-state index in [-0.39, 0.29) is 11.6 Å². The van der Waals surface area contributed by atoms with Gasteiger partial charge in [-0.05, 0) is 17.6 Å². The fourth-order valence-corrected chi connectivity index (χ4v) is 2.62. The first-order chi connectivity index (χ1) is 10.7. The van der Waals surface area contributed by atoms with Crippen LogP contribution in [-0.4, -0.2) is 39.1 Å². The zero-order valence-corrected chi connectivity index (χ0v) is 12.2. The molecule has 0 unspecified atom stereocenters. The van der Waals surface area contributed by atoms with Crippen molar-refractivity contribution in [3.8, 4) is 0 Å². The number of nitrogens with one attached hydrogen (secondary N) is 2. The van der Waals surface area contributed by atoms with Gasteiger partial charge >= 0.3 is 5.69 Å². The summed E-state index contributed by atoms with van der Waals surface area (Å²) in [7, 11) is 0. The molecule has 0 radical (unpaired) electrons. The van der Waals surface area contributed by atoms with Gasteiger partial charge in [0.25, 0.3) is 0 Å². The Morgan fingerprint density at radius 1 is 1.27 bits per heavy atom. The molecule has 0 fully saturated rings. The molecule has 1 amide bonds. The highest BCUT2D eigenvalue weighted by atomic mass is 16.2. The van der Waals surface area contributed by atoms with E-state index in [0.29, 0.717) is 25.2 Å². The molecule has 22 heavy (non-hydrogen) atoms. The molecule has 3 rings (SSSR count). The third kappa shape index (κ3) is 3.33. The van der Waals surface area contributed by atoms with Crippen molar-refractivity contribution >= 4 is 11.5 Å². The molecular weight excluding hydrogens is 280 g/mol. The molecule has 6 nitrogen and oxygen atoms in total. The molecule has 0 saturated heterocycles. The molecule has 0 aliphatic carbocycles. The molecule has 2 N–H and O–H groups in total. The number of nitrogens with zero attached hydrogens (tertiary/aromatic N) is 2. The van der Waals surface area contributed by atoms with Gasteiger partial charge in [0, 0.05) is 25.9 Å². The number of aryl methyl sites for hydroxylation is 1. The molecular formula is C16H18N4O2. The first-order valence-corrected chi connectivity index (χ1v) is 7.38. The third-order valence-electron chi connectivity index (χ3n) is 3.83. The molecule has 6 heteroatoms. The summed E-state index contributed by atoms with van der Waals surface area (Å²) in [6.07, 6.45) is 3.79. The summed E-state index contributed by atoms with van der Waals surface area (Å²) >= 11 is 0. The van der Waals surface area contributed by atoms with Gasteiger partial charge in [0.05, 0.1) is 0 Å². The lowest BCUT2D eigenvalue weighted by atomic mass is 9.99. The van der Waals surface area contributed by atoms with E-state index in [1.165, 1.54) is 11.1 Å². The zero-order valence-electron chi connectivity index (χ0n) is 12.2. The van der Waals surface area contributed by atoms with Crippen LogP contribution in [0.25, 0.3) is 5.57 Å². The van der Waals surface area contributed by atoms with Crippen LogP contribution in [-0.2, 0) is 11.2 Å². The maximum atomic E-state index is 12.2. The Bertz CT molecular complexity index is 730. The number of carbonyl (C=O) groups is 1. The van der Waals surface area contributed by atoms with Crippen molar-refractivity contribution < 1.29 is 4.79 Å². The maximum Gasteiger partial charge on any atom is 0.340 e. The second-order valence-corrected chi connectivity index (χ2v) is 5.31. The Kier molecular flexibility index (Phi) is 4.18. The van der Waals surface area contributed by atoms with Crippen molar-refractivity contribution in [1.82, 2.24) is 20.1 Å². The lowest BCUT2D eigenvalue weighted by molar-refractivity contribution is -0.130. The van der Waals surface area contributed by atoms with E-state index in [0.717, 1.165) is 13.0 Å². The van der Waals surface area contributed by atoms with E-state index in [2.05, 4.69) is 33.4 Å². The first kappa shape index (κ1) is 14.3. The largest absolute Gasteiger partial charge is 0.340 e. The molecule has 0 atom stereocenters. The van der Waals surface area contributed by atoms with E-state index in [1.54, 1.807) is 0 Å². The zero-order chi connectivity index (χ0) is 15.4. The minimum Gasteiger partial charge on any atom is -0.339 e. The number of H-pyrrole nitrogens is 2. The van der Waals surface area contributed by atoms with Crippen molar-refractivity contribution in [2.75, 3.05) is 13.1 Å². The summed E-state index contributed by atoms with van der Waals surface area (Å²) in [5.41, 5.74) is 2.18. The molecule has 2 aromatic rings. The van der Waals surface area contributed by atoms with E-state index in [9.17, 15) is 9.59 Å². The lowest BCUT2D eigenvalue weighted by Gasteiger charge is -2.26. The topological polar surface area (TPSA) is 81.8 Å². The quantitative estimate of drug-likeness (QED) is 0.894. The van der Waals surface area contributed by atoms with Gasteiger partial charge < -0.3 is 4.90 Å². The molecule has 114 valence electrons. The van der Waals surface area contributed by atoms with Crippen LogP contribution in [0, 0.1) is 0 Å². The average Bonchev–Trinajstić information content (AvgIpc) is 2.99. The standard InChI is InChI=1S/C16H18N4O2/c21-15(7-6-14-17-16(22)19-18-14)20-10-8-13(9-11-20)12-4-2-1-3-5-12/h1-5,8H,6-7,9-11H2,(H2,17,18,19,22). The van der Waals surface area contributed by atoms with Crippen LogP contribution in [0.2, 0.25) is 0 Å². The van der Waals surface area contributed by atoms with Crippen LogP contribution in [0.4, 0.5) is 0 Å². The predicted octanol–water partition coefficient (Wildman–Crippen LogP) is 1.35. The SMILES string of the molecule is O=C(CCc1n[nH]c(=O)[nH]1)N1CC=C(c2ccccc2)CC1. The van der Waals surface area contributed by atoms with Crippen LogP contribution in [0.3, 0.4) is 0 Å². The van der Waals surface area contributed by atoms with Gasteiger partial charge in [-0.15, -0.1) is 0 Å². The number of rotatable bonds is 4. The summed E-state index contributed by atoms with van der Waals surface area (Å²) < 4.78 is 0. The number of benzene rings is 1. The normalized spacial score (nSPS) is 14.7. The third-order valence-corrected chi connectivity index (χ3v) is 3.83. The molecule has 0 saturated carbocycles. The number of aromatic nitrogens is 3. The van der Waals surface area contributed by atoms with Gasteiger partial charge in [0.2, 0.25) is 5.91 Å². The molecule has 1 aromatic carbocycles. The van der Waals surface area contributed by atoms with Crippen molar-refractivity contribution in [2.45, 2.75) is 19.3 Å². The summed E-state index contributed by atoms with van der Waals surface area (Å²) in [6.45, 7) is 1.37. The van der Waals surface area contributed by atoms with Gasteiger partial charge in [0.15, 0.2) is 0 Å². The van der Waals surface area contributed by atoms with Crippen LogP contribution >= 0.6 is 0 Å². The molecule has 1 aliphatic rings. The van der Waals surface area contributed by atoms with Gasteiger partial charge in [0.1, 0.15) is 5.82 Å². The highest BCUT2D eigenvalue weighted by molar-refractivity contribution is 5.78. The summed E-state index contributed by atoms with van der Waals surface area (Å²) in [5.74, 6) is 0.614. The Labute approximate surface area is 127 Å². The van der Waals surface area contributed by atoms with Crippen LogP contribution in [0.5, 0.6) is 0 Å². The predicted molar refractivity (Wildman–Crippen MR) is 83.1 cm³/mol. The van der Waals surface area contributed by atoms with E-state index >= 15 is 0 Å². The van der Waals surface area contributed by atoms with E-state index < -0.39 is 0 Å². The maximum absolute atomic E-state index is 12.2. The Morgan fingerprint density at radius 2 is 2.09 bits per heavy atom. The van der Waals surface area contributed by atoms with Gasteiger partial charge in [-0.2, -0.15) is 5.10 Å². The molecule has 1 aliphatic heterocycles. The molecule has 1 aromatic heterocycles. The summed E-state index contributed by atoms with van der Waals surface area (Å²) in [5, 5.41) is 6.11. The van der Waals surface area contributed by atoms with Crippen molar-refractivity contribution in [3.63, 3.8) is 0 Å². The number of hydrogen-bond acceptors (Lipinski definition) is 3. The summed E-state index contributed by atoms with van der Waals surface area (Å²) in [4.78, 5) is 27.5. The van der Waals surface area contributed by atoms with Gasteiger partial charge in [-0.3, -0.25) is 9.78 Å². The fraction of sp³-hybridized carbons (Fsp3) is 0.312. The van der Waals surface area contributed by atoms with Crippen LogP contribution < -0.4 is 5.69 Å². The number of aromatic amines is 2. The van der Waals surface area contributed by atoms with Gasteiger partial charge in [-0.1, -0.05) is 36.4 Å². The second kappa shape index (κ2) is 6.43. The van der Waals surface area contributed by atoms with Crippen molar-refractivity contribution in [2.24, 2.45) is 0 Å². The number of amides is 1. The minimum atomic E-state index is -0.337. The Morgan fingerprint density at radius 3 is 2.73 bits per heavy atom. The van der Waals surface area contributed by atoms with Gasteiger partial charge in [-0.25, -0.2) is 9.89 Å². The number of carbonyl (C=O) groups excluding carboxylic acids is 1. The summed E-state index contributed by atoms with van der Waals surface area (Å²) in [6, 6.07) is 10.2. The first-order valence-electron chi connectivity index (χ1n) is 7.38. The van der Waals surface area contributed by atoms with Crippen molar-refractivity contribution in [3.05, 3.63) is 58.3 Å². The highest BCUT2D eigenvalue weighted by Gasteiger charge is 2.18. The van der Waals surface area contributed by atoms with Crippen molar-refractivity contribution in [1.29, 1.82) is 0 Å². The van der Waals surface area contributed by atoms with E-state index in [1.807, 2.05) is 23.1 Å². The average molecular weight is 298 g/mol. The molecule has 0 bridgehead atoms.